The van der Waals surface area contributed by atoms with Crippen molar-refractivity contribution < 1.29 is 0 Å². The fourth-order valence-corrected chi connectivity index (χ4v) is 9.86. The van der Waals surface area contributed by atoms with Gasteiger partial charge in [0, 0.05) is 49.6 Å². The Morgan fingerprint density at radius 2 is 0.727 bits per heavy atom. The zero-order valence-corrected chi connectivity index (χ0v) is 35.8. The summed E-state index contributed by atoms with van der Waals surface area (Å²) in [6, 6.07) is 84.1. The highest BCUT2D eigenvalue weighted by atomic mass is 15.0. The lowest BCUT2D eigenvalue weighted by molar-refractivity contribution is 1.07. The average Bonchev–Trinajstić information content (AvgIpc) is 3.92. The topological polar surface area (TPSA) is 48.5 Å². The highest BCUT2D eigenvalue weighted by Crippen LogP contribution is 2.41. The third kappa shape index (κ3) is 6.28. The van der Waals surface area contributed by atoms with Gasteiger partial charge in [-0.25, -0.2) is 15.0 Å². The van der Waals surface area contributed by atoms with E-state index >= 15 is 0 Å². The Morgan fingerprint density at radius 3 is 1.42 bits per heavy atom. The van der Waals surface area contributed by atoms with Gasteiger partial charge in [-0.15, -0.1) is 0 Å². The number of aromatic nitrogens is 5. The van der Waals surface area contributed by atoms with Gasteiger partial charge in [-0.3, -0.25) is 0 Å². The molecule has 0 radical (unpaired) electrons. The van der Waals surface area contributed by atoms with Crippen molar-refractivity contribution in [1.82, 2.24) is 24.1 Å². The van der Waals surface area contributed by atoms with Gasteiger partial charge in [0.2, 0.25) is 0 Å². The van der Waals surface area contributed by atoms with Crippen molar-refractivity contribution in [1.29, 1.82) is 0 Å². The first-order valence-electron chi connectivity index (χ1n) is 22.3. The molecule has 5 nitrogen and oxygen atoms in total. The second-order valence-electron chi connectivity index (χ2n) is 16.8. The van der Waals surface area contributed by atoms with Gasteiger partial charge in [-0.2, -0.15) is 0 Å². The van der Waals surface area contributed by atoms with E-state index in [-0.39, 0.29) is 0 Å². The van der Waals surface area contributed by atoms with Gasteiger partial charge >= 0.3 is 0 Å². The van der Waals surface area contributed by atoms with Gasteiger partial charge in [0.05, 0.1) is 22.1 Å². The average molecular weight is 842 g/mol. The second-order valence-corrected chi connectivity index (χ2v) is 16.8. The lowest BCUT2D eigenvalue weighted by atomic mass is 9.95. The smallest absolute Gasteiger partial charge is 0.164 e. The molecule has 66 heavy (non-hydrogen) atoms. The molecule has 13 rings (SSSR count). The summed E-state index contributed by atoms with van der Waals surface area (Å²) in [4.78, 5) is 15.4. The molecule has 0 atom stereocenters. The Kier molecular flexibility index (Phi) is 8.78. The molecule has 0 aliphatic heterocycles. The normalized spacial score (nSPS) is 11.6. The van der Waals surface area contributed by atoms with E-state index in [2.05, 4.69) is 228 Å². The van der Waals surface area contributed by atoms with Crippen molar-refractivity contribution in [3.63, 3.8) is 0 Å². The Morgan fingerprint density at radius 1 is 0.258 bits per heavy atom. The SMILES string of the molecule is c1ccc(-c2ccc3c(c2)c2c(-c4ccc5cc(-c6nc(-c7ccccc7)nc(-c7cccc(-n8c9ccccc9c9ccccc98)c7)n6)ccc5c4)cccc2n3-c2ccccc2)cc1. The van der Waals surface area contributed by atoms with Gasteiger partial charge in [-0.05, 0) is 99.8 Å². The lowest BCUT2D eigenvalue weighted by Crippen LogP contribution is -2.01. The summed E-state index contributed by atoms with van der Waals surface area (Å²) in [5.41, 5.74) is 14.4. The number of rotatable bonds is 7. The van der Waals surface area contributed by atoms with Crippen LogP contribution in [0.5, 0.6) is 0 Å². The van der Waals surface area contributed by atoms with Crippen LogP contribution in [0.1, 0.15) is 0 Å². The molecule has 5 heteroatoms. The number of nitrogens with zero attached hydrogens (tertiary/aromatic N) is 5. The molecule has 13 aromatic rings. The van der Waals surface area contributed by atoms with Gasteiger partial charge in [-0.1, -0.05) is 170 Å². The van der Waals surface area contributed by atoms with Crippen LogP contribution in [0.3, 0.4) is 0 Å². The summed E-state index contributed by atoms with van der Waals surface area (Å²) in [7, 11) is 0. The predicted octanol–water partition coefficient (Wildman–Crippen LogP) is 15.6. The van der Waals surface area contributed by atoms with Gasteiger partial charge in [0.15, 0.2) is 17.5 Å². The van der Waals surface area contributed by atoms with Crippen molar-refractivity contribution in [3.05, 3.63) is 237 Å². The van der Waals surface area contributed by atoms with Crippen LogP contribution in [0.4, 0.5) is 0 Å². The van der Waals surface area contributed by atoms with Crippen LogP contribution in [-0.2, 0) is 0 Å². The van der Waals surface area contributed by atoms with Crippen molar-refractivity contribution in [2.75, 3.05) is 0 Å². The zero-order chi connectivity index (χ0) is 43.6. The number of hydrogen-bond donors (Lipinski definition) is 0. The van der Waals surface area contributed by atoms with E-state index in [1.165, 1.54) is 49.3 Å². The minimum Gasteiger partial charge on any atom is -0.309 e. The molecule has 3 heterocycles. The van der Waals surface area contributed by atoms with Crippen LogP contribution in [0, 0.1) is 0 Å². The molecule has 0 aliphatic rings. The zero-order valence-electron chi connectivity index (χ0n) is 35.8. The Balaban J connectivity index is 0.930. The van der Waals surface area contributed by atoms with Gasteiger partial charge < -0.3 is 9.13 Å². The molecule has 0 amide bonds. The van der Waals surface area contributed by atoms with Crippen molar-refractivity contribution in [2.45, 2.75) is 0 Å². The van der Waals surface area contributed by atoms with Crippen LogP contribution in [0.2, 0.25) is 0 Å². The van der Waals surface area contributed by atoms with E-state index in [0.717, 1.165) is 55.4 Å². The minimum atomic E-state index is 0.620. The summed E-state index contributed by atoms with van der Waals surface area (Å²) in [5.74, 6) is 1.88. The molecule has 308 valence electrons. The highest BCUT2D eigenvalue weighted by molar-refractivity contribution is 6.17. The predicted molar refractivity (Wildman–Crippen MR) is 273 cm³/mol. The maximum Gasteiger partial charge on any atom is 0.164 e. The highest BCUT2D eigenvalue weighted by Gasteiger charge is 2.19. The molecule has 0 saturated carbocycles. The number of para-hydroxylation sites is 3. The maximum atomic E-state index is 5.20. The summed E-state index contributed by atoms with van der Waals surface area (Å²) in [6.07, 6.45) is 0. The van der Waals surface area contributed by atoms with Gasteiger partial charge in [0.1, 0.15) is 0 Å². The van der Waals surface area contributed by atoms with Gasteiger partial charge in [0.25, 0.3) is 0 Å². The summed E-state index contributed by atoms with van der Waals surface area (Å²) in [5, 5.41) is 7.15. The first-order valence-corrected chi connectivity index (χ1v) is 22.3. The fraction of sp³-hybridized carbons (Fsp3) is 0. The molecule has 0 aliphatic carbocycles. The van der Waals surface area contributed by atoms with E-state index in [1.807, 2.05) is 18.2 Å². The summed E-state index contributed by atoms with van der Waals surface area (Å²) < 4.78 is 4.72. The van der Waals surface area contributed by atoms with Crippen molar-refractivity contribution in [2.24, 2.45) is 0 Å². The molecule has 0 saturated heterocycles. The molecule has 0 unspecified atom stereocenters. The van der Waals surface area contributed by atoms with E-state index in [1.54, 1.807) is 0 Å². The van der Waals surface area contributed by atoms with Crippen LogP contribution in [-0.4, -0.2) is 24.1 Å². The number of fused-ring (bicyclic) bond motifs is 7. The number of hydrogen-bond acceptors (Lipinski definition) is 3. The van der Waals surface area contributed by atoms with Crippen LogP contribution < -0.4 is 0 Å². The largest absolute Gasteiger partial charge is 0.309 e. The van der Waals surface area contributed by atoms with Crippen LogP contribution >= 0.6 is 0 Å². The molecular formula is C61H39N5. The standard InChI is InChI=1S/C61H39N5/c1-4-16-40(17-5-1)44-34-35-56-53(39-44)58-50(26-15-29-57(58)65(56)48-21-8-3-9-22-48)45-32-30-43-37-47(33-31-42(43)36-45)61-63-59(41-18-6-2-7-19-41)62-60(64-61)46-20-14-23-49(38-46)66-54-27-12-10-24-51(54)52-25-11-13-28-55(52)66/h1-39H. The van der Waals surface area contributed by atoms with E-state index in [4.69, 9.17) is 15.0 Å². The Labute approximate surface area is 381 Å². The Bertz CT molecular complexity index is 3930. The third-order valence-electron chi connectivity index (χ3n) is 12.9. The van der Waals surface area contributed by atoms with E-state index in [0.29, 0.717) is 17.5 Å². The Hall–Kier alpha value is -8.93. The van der Waals surface area contributed by atoms with Crippen molar-refractivity contribution in [3.8, 4) is 67.8 Å². The second kappa shape index (κ2) is 15.4. The van der Waals surface area contributed by atoms with Crippen molar-refractivity contribution >= 4 is 54.4 Å². The molecule has 0 spiro atoms. The minimum absolute atomic E-state index is 0.620. The molecule has 10 aromatic carbocycles. The number of benzene rings is 10. The molecule has 3 aromatic heterocycles. The quantitative estimate of drug-likeness (QED) is 0.161. The fourth-order valence-electron chi connectivity index (χ4n) is 9.86. The molecule has 0 bridgehead atoms. The van der Waals surface area contributed by atoms with Crippen LogP contribution in [0.25, 0.3) is 122 Å². The first kappa shape index (κ1) is 37.6. The summed E-state index contributed by atoms with van der Waals surface area (Å²) in [6.45, 7) is 0. The van der Waals surface area contributed by atoms with E-state index in [9.17, 15) is 0 Å². The lowest BCUT2D eigenvalue weighted by Gasteiger charge is -2.12. The maximum absolute atomic E-state index is 5.20. The summed E-state index contributed by atoms with van der Waals surface area (Å²) >= 11 is 0. The monoisotopic (exact) mass is 841 g/mol. The molecular weight excluding hydrogens is 803 g/mol. The van der Waals surface area contributed by atoms with E-state index < -0.39 is 0 Å². The molecule has 0 N–H and O–H groups in total. The third-order valence-corrected chi connectivity index (χ3v) is 12.9. The molecule has 0 fully saturated rings. The first-order chi connectivity index (χ1) is 32.7. The van der Waals surface area contributed by atoms with Crippen LogP contribution in [0.15, 0.2) is 237 Å².